The van der Waals surface area contributed by atoms with Gasteiger partial charge in [0.15, 0.2) is 0 Å². The van der Waals surface area contributed by atoms with Crippen LogP contribution in [-0.2, 0) is 25.4 Å². The van der Waals surface area contributed by atoms with Gasteiger partial charge in [-0.25, -0.2) is 4.79 Å². The van der Waals surface area contributed by atoms with Crippen molar-refractivity contribution in [3.05, 3.63) is 34.2 Å². The summed E-state index contributed by atoms with van der Waals surface area (Å²) < 4.78 is 9.02. The Morgan fingerprint density at radius 3 is 2.85 bits per heavy atom. The Hall–Kier alpha value is -1.59. The Balaban J connectivity index is 1.72. The van der Waals surface area contributed by atoms with Crippen molar-refractivity contribution < 1.29 is 10.1 Å². The van der Waals surface area contributed by atoms with E-state index in [4.69, 9.17) is 4.74 Å². The molecule has 1 atom stereocenters. The molecule has 1 aliphatic rings. The summed E-state index contributed by atoms with van der Waals surface area (Å²) in [6, 6.07) is 6.25. The third kappa shape index (κ3) is 2.39. The zero-order chi connectivity index (χ0) is 14.1. The number of hydrogen-bond acceptors (Lipinski definition) is 2. The predicted octanol–water partition coefficient (Wildman–Crippen LogP) is 0.119. The molecule has 5 nitrogen and oxygen atoms in total. The molecule has 2 heterocycles. The lowest BCUT2D eigenvalue weighted by atomic mass is 10.2. The monoisotopic (exact) mass is 276 g/mol. The minimum atomic E-state index is 0.0282. The van der Waals surface area contributed by atoms with Crippen LogP contribution in [0.2, 0.25) is 0 Å². The average Bonchev–Trinajstić information content (AvgIpc) is 3.04. The van der Waals surface area contributed by atoms with Gasteiger partial charge in [-0.2, -0.15) is 0 Å². The second-order valence-electron chi connectivity index (χ2n) is 5.59. The highest BCUT2D eigenvalue weighted by atomic mass is 16.5. The highest BCUT2D eigenvalue weighted by Gasteiger charge is 2.16. The van der Waals surface area contributed by atoms with Crippen molar-refractivity contribution in [3.63, 3.8) is 0 Å². The van der Waals surface area contributed by atoms with Crippen LogP contribution in [0.5, 0.6) is 0 Å². The van der Waals surface area contributed by atoms with E-state index in [-0.39, 0.29) is 5.69 Å². The fraction of sp³-hybridized carbons (Fsp3) is 0.533. The predicted molar refractivity (Wildman–Crippen MR) is 77.6 cm³/mol. The molecule has 2 aromatic rings. The van der Waals surface area contributed by atoms with Crippen molar-refractivity contribution in [1.29, 1.82) is 0 Å². The van der Waals surface area contributed by atoms with E-state index in [2.05, 4.69) is 17.4 Å². The van der Waals surface area contributed by atoms with Crippen molar-refractivity contribution in [2.75, 3.05) is 13.2 Å². The Morgan fingerprint density at radius 2 is 2.10 bits per heavy atom. The molecule has 20 heavy (non-hydrogen) atoms. The fourth-order valence-electron chi connectivity index (χ4n) is 2.95. The van der Waals surface area contributed by atoms with Crippen LogP contribution in [0.15, 0.2) is 23.0 Å². The fourth-order valence-corrected chi connectivity index (χ4v) is 2.95. The van der Waals surface area contributed by atoms with E-state index in [1.807, 2.05) is 20.2 Å². The van der Waals surface area contributed by atoms with Crippen LogP contribution < -0.4 is 11.0 Å². The quantitative estimate of drug-likeness (QED) is 0.862. The van der Waals surface area contributed by atoms with Crippen molar-refractivity contribution in [2.45, 2.75) is 25.5 Å². The summed E-state index contributed by atoms with van der Waals surface area (Å²) in [5.74, 6) is 0. The van der Waals surface area contributed by atoms with Crippen LogP contribution >= 0.6 is 0 Å². The van der Waals surface area contributed by atoms with Crippen molar-refractivity contribution in [3.8, 4) is 0 Å². The van der Waals surface area contributed by atoms with Crippen LogP contribution in [0.1, 0.15) is 18.4 Å². The van der Waals surface area contributed by atoms with Gasteiger partial charge in [0.25, 0.3) is 0 Å². The van der Waals surface area contributed by atoms with Crippen LogP contribution in [0.25, 0.3) is 11.0 Å². The van der Waals surface area contributed by atoms with E-state index >= 15 is 0 Å². The van der Waals surface area contributed by atoms with E-state index in [0.717, 1.165) is 30.7 Å². The molecule has 1 aromatic heterocycles. The molecule has 108 valence electrons. The van der Waals surface area contributed by atoms with Gasteiger partial charge < -0.3 is 10.1 Å². The Bertz CT molecular complexity index is 666. The van der Waals surface area contributed by atoms with Crippen LogP contribution in [-0.4, -0.2) is 28.4 Å². The molecule has 0 bridgehead atoms. The van der Waals surface area contributed by atoms with Gasteiger partial charge in [0, 0.05) is 26.3 Å². The number of nitrogens with two attached hydrogens (primary N) is 1. The van der Waals surface area contributed by atoms with E-state index in [0.29, 0.717) is 6.10 Å². The topological polar surface area (TPSA) is 52.8 Å². The smallest absolute Gasteiger partial charge is 0.328 e. The van der Waals surface area contributed by atoms with E-state index in [1.165, 1.54) is 18.4 Å². The van der Waals surface area contributed by atoms with Gasteiger partial charge in [0.2, 0.25) is 0 Å². The van der Waals surface area contributed by atoms with Gasteiger partial charge >= 0.3 is 5.69 Å². The number of quaternary nitrogens is 1. The zero-order valence-corrected chi connectivity index (χ0v) is 12.1. The third-order valence-electron chi connectivity index (χ3n) is 4.17. The van der Waals surface area contributed by atoms with Crippen LogP contribution in [0.4, 0.5) is 0 Å². The number of ether oxygens (including phenoxy) is 1. The van der Waals surface area contributed by atoms with Gasteiger partial charge in [-0.3, -0.25) is 9.13 Å². The van der Waals surface area contributed by atoms with Gasteiger partial charge in [0.05, 0.1) is 11.0 Å². The number of nitrogens with zero attached hydrogens (tertiary/aromatic N) is 2. The molecular formula is C15H22N3O2+. The SMILES string of the molecule is Cn1c(=O)n(C)c2cc(C[NH2+]C[C@H]3CCCO3)ccc21. The largest absolute Gasteiger partial charge is 0.372 e. The first-order chi connectivity index (χ1) is 9.66. The molecular weight excluding hydrogens is 254 g/mol. The van der Waals surface area contributed by atoms with Gasteiger partial charge in [0.1, 0.15) is 19.2 Å². The summed E-state index contributed by atoms with van der Waals surface area (Å²) in [4.78, 5) is 11.9. The zero-order valence-electron chi connectivity index (χ0n) is 12.1. The van der Waals surface area contributed by atoms with E-state index < -0.39 is 0 Å². The minimum absolute atomic E-state index is 0.0282. The number of aryl methyl sites for hydroxylation is 2. The molecule has 0 radical (unpaired) electrons. The summed E-state index contributed by atoms with van der Waals surface area (Å²) in [6.07, 6.45) is 2.79. The molecule has 0 saturated carbocycles. The lowest BCUT2D eigenvalue weighted by Crippen LogP contribution is -2.84. The normalized spacial score (nSPS) is 19.0. The van der Waals surface area contributed by atoms with Gasteiger partial charge in [-0.1, -0.05) is 6.07 Å². The van der Waals surface area contributed by atoms with E-state index in [1.54, 1.807) is 9.13 Å². The first-order valence-corrected chi connectivity index (χ1v) is 7.24. The molecule has 0 unspecified atom stereocenters. The molecule has 1 aliphatic heterocycles. The lowest BCUT2D eigenvalue weighted by molar-refractivity contribution is -0.676. The molecule has 1 fully saturated rings. The third-order valence-corrected chi connectivity index (χ3v) is 4.17. The minimum Gasteiger partial charge on any atom is -0.372 e. The maximum absolute atomic E-state index is 11.9. The standard InChI is InChI=1S/C15H21N3O2/c1-17-13-6-5-11(8-14(13)18(2)15(17)19)9-16-10-12-4-3-7-20-12/h5-6,8,12,16H,3-4,7,9-10H2,1-2H3/p+1/t12-/m1/s1. The number of rotatable bonds is 4. The first kappa shape index (κ1) is 13.4. The molecule has 3 rings (SSSR count). The summed E-state index contributed by atoms with van der Waals surface area (Å²) in [7, 11) is 3.64. The Labute approximate surface area is 118 Å². The summed E-state index contributed by atoms with van der Waals surface area (Å²) in [5.41, 5.74) is 3.26. The maximum Gasteiger partial charge on any atom is 0.328 e. The molecule has 0 spiro atoms. The highest BCUT2D eigenvalue weighted by molar-refractivity contribution is 5.76. The van der Waals surface area contributed by atoms with E-state index in [9.17, 15) is 4.79 Å². The maximum atomic E-state index is 11.9. The summed E-state index contributed by atoms with van der Waals surface area (Å²) in [5, 5.41) is 2.29. The van der Waals surface area contributed by atoms with Crippen molar-refractivity contribution >= 4 is 11.0 Å². The molecule has 1 aromatic carbocycles. The molecule has 0 aliphatic carbocycles. The second-order valence-corrected chi connectivity index (χ2v) is 5.59. The number of imidazole rings is 1. The Kier molecular flexibility index (Phi) is 3.63. The molecule has 0 amide bonds. The number of hydrogen-bond donors (Lipinski definition) is 1. The lowest BCUT2D eigenvalue weighted by Gasteiger charge is -2.08. The summed E-state index contributed by atoms with van der Waals surface area (Å²) >= 11 is 0. The average molecular weight is 276 g/mol. The molecule has 1 saturated heterocycles. The molecule has 5 heteroatoms. The number of aromatic nitrogens is 2. The number of benzene rings is 1. The van der Waals surface area contributed by atoms with Crippen LogP contribution in [0.3, 0.4) is 0 Å². The van der Waals surface area contributed by atoms with Crippen molar-refractivity contribution in [1.82, 2.24) is 9.13 Å². The van der Waals surface area contributed by atoms with Gasteiger partial charge in [-0.05, 0) is 25.0 Å². The highest BCUT2D eigenvalue weighted by Crippen LogP contribution is 2.13. The second kappa shape index (κ2) is 5.42. The molecule has 2 N–H and O–H groups in total. The first-order valence-electron chi connectivity index (χ1n) is 7.24. The van der Waals surface area contributed by atoms with Gasteiger partial charge in [-0.15, -0.1) is 0 Å². The summed E-state index contributed by atoms with van der Waals surface area (Å²) in [6.45, 7) is 2.86. The van der Waals surface area contributed by atoms with Crippen LogP contribution in [0, 0.1) is 0 Å². The Morgan fingerprint density at radius 1 is 1.30 bits per heavy atom. The van der Waals surface area contributed by atoms with Crippen molar-refractivity contribution in [2.24, 2.45) is 14.1 Å². The number of fused-ring (bicyclic) bond motifs is 1.